The first-order valence-corrected chi connectivity index (χ1v) is 9.47. The second-order valence-electron chi connectivity index (χ2n) is 5.54. The second kappa shape index (κ2) is 7.53. The molecule has 0 aromatic rings. The third-order valence-electron chi connectivity index (χ3n) is 4.46. The van der Waals surface area contributed by atoms with Crippen molar-refractivity contribution in [1.82, 2.24) is 0 Å². The minimum Gasteiger partial charge on any atom is -0.456 e. The fourth-order valence-corrected chi connectivity index (χ4v) is 7.34. The van der Waals surface area contributed by atoms with Crippen molar-refractivity contribution < 1.29 is 23.1 Å². The van der Waals surface area contributed by atoms with E-state index >= 15 is 0 Å². The van der Waals surface area contributed by atoms with Crippen LogP contribution in [-0.2, 0) is 23.1 Å². The molecule has 0 aliphatic carbocycles. The molecule has 6 heteroatoms. The number of carbonyl (C=O) groups excluding carboxylic acids is 1. The first-order valence-electron chi connectivity index (χ1n) is 7.45. The highest BCUT2D eigenvalue weighted by Gasteiger charge is 2.63. The molecule has 1 heterocycles. The number of hydrogen-bond donors (Lipinski definition) is 0. The molecule has 0 aromatic carbocycles. The standard InChI is InChI=1S/C15H28O5Si/c1-7-13(20-14(16)12(2)3)15(17-4)10-8-9-11-21(15,18-5)19-6/h13H,2,7-11H2,1,3-6H3. The Morgan fingerprint density at radius 1 is 1.29 bits per heavy atom. The lowest BCUT2D eigenvalue weighted by atomic mass is 10.0. The SMILES string of the molecule is C=C(C)C(=O)OC(CC)C1(OC)CCCC[Si]1(OC)OC. The van der Waals surface area contributed by atoms with Crippen LogP contribution in [0.15, 0.2) is 12.2 Å². The van der Waals surface area contributed by atoms with E-state index in [1.807, 2.05) is 6.92 Å². The molecular formula is C15H28O5Si. The Hall–Kier alpha value is -0.693. The summed E-state index contributed by atoms with van der Waals surface area (Å²) in [6, 6.07) is 0.842. The van der Waals surface area contributed by atoms with E-state index in [1.165, 1.54) is 0 Å². The van der Waals surface area contributed by atoms with Crippen molar-refractivity contribution in [1.29, 1.82) is 0 Å². The van der Waals surface area contributed by atoms with Gasteiger partial charge in [0.05, 0.1) is 0 Å². The Morgan fingerprint density at radius 2 is 1.90 bits per heavy atom. The van der Waals surface area contributed by atoms with Crippen LogP contribution in [0, 0.1) is 0 Å². The summed E-state index contributed by atoms with van der Waals surface area (Å²) in [7, 11) is 2.37. The van der Waals surface area contributed by atoms with Gasteiger partial charge in [-0.2, -0.15) is 0 Å². The van der Waals surface area contributed by atoms with Crippen LogP contribution in [0.5, 0.6) is 0 Å². The zero-order chi connectivity index (χ0) is 16.1. The van der Waals surface area contributed by atoms with Gasteiger partial charge in [0, 0.05) is 26.9 Å². The van der Waals surface area contributed by atoms with Gasteiger partial charge in [-0.1, -0.05) is 26.3 Å². The van der Waals surface area contributed by atoms with Crippen molar-refractivity contribution in [2.24, 2.45) is 0 Å². The van der Waals surface area contributed by atoms with Crippen LogP contribution in [-0.4, -0.2) is 47.2 Å². The van der Waals surface area contributed by atoms with Crippen molar-refractivity contribution >= 4 is 14.5 Å². The maximum atomic E-state index is 12.0. The minimum absolute atomic E-state index is 0.387. The molecule has 0 radical (unpaired) electrons. The summed E-state index contributed by atoms with van der Waals surface area (Å²) < 4.78 is 23.3. The van der Waals surface area contributed by atoms with Crippen LogP contribution < -0.4 is 0 Å². The second-order valence-corrected chi connectivity index (χ2v) is 9.21. The summed E-state index contributed by atoms with van der Waals surface area (Å²) in [5, 5.41) is -0.672. The Kier molecular flexibility index (Phi) is 6.59. The number of methoxy groups -OCH3 is 1. The molecule has 122 valence electrons. The molecule has 0 spiro atoms. The summed E-state index contributed by atoms with van der Waals surface area (Å²) in [6.45, 7) is 7.27. The van der Waals surface area contributed by atoms with Crippen LogP contribution in [0.3, 0.4) is 0 Å². The number of ether oxygens (including phenoxy) is 2. The van der Waals surface area contributed by atoms with Gasteiger partial charge in [0.2, 0.25) is 0 Å². The van der Waals surface area contributed by atoms with Crippen LogP contribution >= 0.6 is 0 Å². The minimum atomic E-state index is -2.63. The smallest absolute Gasteiger partial charge is 0.374 e. The lowest BCUT2D eigenvalue weighted by Crippen LogP contribution is -2.70. The molecule has 1 rings (SSSR count). The third kappa shape index (κ3) is 3.23. The Bertz CT molecular complexity index is 380. The van der Waals surface area contributed by atoms with E-state index in [9.17, 15) is 4.79 Å². The van der Waals surface area contributed by atoms with Crippen molar-refractivity contribution in [2.45, 2.75) is 56.9 Å². The highest BCUT2D eigenvalue weighted by Crippen LogP contribution is 2.44. The summed E-state index contributed by atoms with van der Waals surface area (Å²) >= 11 is 0. The molecule has 21 heavy (non-hydrogen) atoms. The lowest BCUT2D eigenvalue weighted by Gasteiger charge is -2.50. The molecule has 0 bridgehead atoms. The number of esters is 1. The van der Waals surface area contributed by atoms with Crippen molar-refractivity contribution in [3.63, 3.8) is 0 Å². The van der Waals surface area contributed by atoms with Gasteiger partial charge in [-0.3, -0.25) is 0 Å². The van der Waals surface area contributed by atoms with Crippen molar-refractivity contribution in [3.8, 4) is 0 Å². The Balaban J connectivity index is 3.18. The zero-order valence-corrected chi connectivity index (χ0v) is 14.9. The van der Waals surface area contributed by atoms with E-state index in [4.69, 9.17) is 18.3 Å². The van der Waals surface area contributed by atoms with Crippen molar-refractivity contribution in [2.75, 3.05) is 21.3 Å². The molecule has 1 aliphatic rings. The molecule has 0 saturated carbocycles. The predicted octanol–water partition coefficient (Wildman–Crippen LogP) is 2.73. The lowest BCUT2D eigenvalue weighted by molar-refractivity contribution is -0.161. The van der Waals surface area contributed by atoms with Gasteiger partial charge in [-0.05, 0) is 25.8 Å². The molecule has 1 fully saturated rings. The van der Waals surface area contributed by atoms with E-state index in [2.05, 4.69) is 6.58 Å². The monoisotopic (exact) mass is 316 g/mol. The van der Waals surface area contributed by atoms with E-state index in [0.29, 0.717) is 12.0 Å². The highest BCUT2D eigenvalue weighted by atomic mass is 28.4. The summed E-state index contributed by atoms with van der Waals surface area (Å²) in [5.74, 6) is -0.390. The molecule has 0 amide bonds. The van der Waals surface area contributed by atoms with E-state index in [1.54, 1.807) is 28.3 Å². The maximum Gasteiger partial charge on any atom is 0.374 e. The van der Waals surface area contributed by atoms with Gasteiger partial charge in [-0.25, -0.2) is 4.79 Å². The van der Waals surface area contributed by atoms with Gasteiger partial charge in [-0.15, -0.1) is 0 Å². The molecule has 1 saturated heterocycles. The largest absolute Gasteiger partial charge is 0.456 e. The normalized spacial score (nSPS) is 26.1. The summed E-state index contributed by atoms with van der Waals surface area (Å²) in [5.41, 5.74) is 0.387. The first-order chi connectivity index (χ1) is 9.92. The fourth-order valence-electron chi connectivity index (χ4n) is 3.31. The quantitative estimate of drug-likeness (QED) is 0.411. The van der Waals surface area contributed by atoms with Gasteiger partial charge in [0.1, 0.15) is 11.3 Å². The van der Waals surface area contributed by atoms with Crippen LogP contribution in [0.1, 0.15) is 39.5 Å². The molecule has 0 N–H and O–H groups in total. The molecular weight excluding hydrogens is 288 g/mol. The Morgan fingerprint density at radius 3 is 2.33 bits per heavy atom. The fraction of sp³-hybridized carbons (Fsp3) is 0.800. The first kappa shape index (κ1) is 18.4. The topological polar surface area (TPSA) is 54.0 Å². The zero-order valence-electron chi connectivity index (χ0n) is 13.9. The predicted molar refractivity (Wildman–Crippen MR) is 83.2 cm³/mol. The average molecular weight is 316 g/mol. The molecule has 0 aromatic heterocycles. The van der Waals surface area contributed by atoms with Crippen LogP contribution in [0.25, 0.3) is 0 Å². The van der Waals surface area contributed by atoms with Crippen molar-refractivity contribution in [3.05, 3.63) is 12.2 Å². The molecule has 2 atom stereocenters. The average Bonchev–Trinajstić information content (AvgIpc) is 2.51. The molecule has 1 aliphatic heterocycles. The van der Waals surface area contributed by atoms with E-state index < -0.39 is 19.9 Å². The van der Waals surface area contributed by atoms with Gasteiger partial charge in [0.25, 0.3) is 0 Å². The third-order valence-corrected chi connectivity index (χ3v) is 8.86. The van der Waals surface area contributed by atoms with Gasteiger partial charge < -0.3 is 18.3 Å². The molecule has 5 nitrogen and oxygen atoms in total. The maximum absolute atomic E-state index is 12.0. The Labute approximate surface area is 128 Å². The van der Waals surface area contributed by atoms with E-state index in [0.717, 1.165) is 25.3 Å². The van der Waals surface area contributed by atoms with Crippen LogP contribution in [0.2, 0.25) is 6.04 Å². The highest BCUT2D eigenvalue weighted by molar-refractivity contribution is 6.71. The number of rotatable bonds is 7. The number of hydrogen-bond acceptors (Lipinski definition) is 5. The van der Waals surface area contributed by atoms with E-state index in [-0.39, 0.29) is 5.97 Å². The van der Waals surface area contributed by atoms with Gasteiger partial charge >= 0.3 is 14.5 Å². The number of carbonyl (C=O) groups is 1. The summed E-state index contributed by atoms with van der Waals surface area (Å²) in [6.07, 6.45) is 3.09. The summed E-state index contributed by atoms with van der Waals surface area (Å²) in [4.78, 5) is 12.0. The molecule has 2 unspecified atom stereocenters. The van der Waals surface area contributed by atoms with Gasteiger partial charge in [0.15, 0.2) is 0 Å². The van der Waals surface area contributed by atoms with Crippen LogP contribution in [0.4, 0.5) is 0 Å².